The molecule has 0 spiro atoms. The topological polar surface area (TPSA) is 44.8 Å². The number of ether oxygens (including phenoxy) is 3. The molecule has 84 valence electrons. The number of rotatable bonds is 5. The summed E-state index contributed by atoms with van der Waals surface area (Å²) < 4.78 is 15.7. The van der Waals surface area contributed by atoms with E-state index in [0.29, 0.717) is 6.61 Å². The Bertz CT molecular complexity index is 270. The zero-order valence-electron chi connectivity index (χ0n) is 9.06. The van der Waals surface area contributed by atoms with Gasteiger partial charge in [-0.1, -0.05) is 12.7 Å². The summed E-state index contributed by atoms with van der Waals surface area (Å²) in [7, 11) is 0. The molecule has 0 bridgehead atoms. The van der Waals surface area contributed by atoms with Gasteiger partial charge >= 0.3 is 5.97 Å². The van der Waals surface area contributed by atoms with Gasteiger partial charge in [-0.05, 0) is 13.0 Å². The van der Waals surface area contributed by atoms with Crippen LogP contribution in [0.3, 0.4) is 0 Å². The summed E-state index contributed by atoms with van der Waals surface area (Å²) in [4.78, 5) is 10.6. The van der Waals surface area contributed by atoms with E-state index in [4.69, 9.17) is 14.2 Å². The van der Waals surface area contributed by atoms with Crippen LogP contribution in [0.5, 0.6) is 0 Å². The van der Waals surface area contributed by atoms with Gasteiger partial charge in [0, 0.05) is 19.1 Å². The van der Waals surface area contributed by atoms with Gasteiger partial charge in [0.05, 0.1) is 0 Å². The smallest absolute Gasteiger partial charge is 0.302 e. The standard InChI is InChI=1S/C11H16O4/c1-4-9-6-10(7-14-8(3)12)15-11(9)13-5-2/h4,6,10-11H,1,5,7H2,2-3H3/t10-,11-/m0/s1. The molecule has 1 aliphatic heterocycles. The molecule has 4 heteroatoms. The predicted octanol–water partition coefficient (Wildman–Crippen LogP) is 1.42. The van der Waals surface area contributed by atoms with Crippen LogP contribution >= 0.6 is 0 Å². The van der Waals surface area contributed by atoms with Crippen LogP contribution in [0, 0.1) is 0 Å². The van der Waals surface area contributed by atoms with Crippen LogP contribution in [0.15, 0.2) is 24.3 Å². The Kier molecular flexibility index (Phi) is 4.52. The lowest BCUT2D eigenvalue weighted by Gasteiger charge is -2.15. The molecule has 0 fully saturated rings. The summed E-state index contributed by atoms with van der Waals surface area (Å²) in [5, 5.41) is 0. The van der Waals surface area contributed by atoms with Gasteiger partial charge in [0.15, 0.2) is 6.29 Å². The minimum atomic E-state index is -0.381. The van der Waals surface area contributed by atoms with E-state index < -0.39 is 0 Å². The van der Waals surface area contributed by atoms with Gasteiger partial charge < -0.3 is 14.2 Å². The number of carbonyl (C=O) groups is 1. The first-order valence-corrected chi connectivity index (χ1v) is 4.92. The van der Waals surface area contributed by atoms with Crippen molar-refractivity contribution in [1.29, 1.82) is 0 Å². The fourth-order valence-corrected chi connectivity index (χ4v) is 1.31. The summed E-state index contributed by atoms with van der Waals surface area (Å²) in [6.45, 7) is 7.71. The second-order valence-corrected chi connectivity index (χ2v) is 3.14. The average molecular weight is 212 g/mol. The highest BCUT2D eigenvalue weighted by atomic mass is 16.7. The molecule has 15 heavy (non-hydrogen) atoms. The highest BCUT2D eigenvalue weighted by molar-refractivity contribution is 5.65. The lowest BCUT2D eigenvalue weighted by molar-refractivity contribution is -0.153. The molecule has 0 aromatic heterocycles. The number of carbonyl (C=O) groups excluding carboxylic acids is 1. The third-order valence-corrected chi connectivity index (χ3v) is 1.95. The van der Waals surface area contributed by atoms with E-state index in [-0.39, 0.29) is 25.0 Å². The molecule has 0 unspecified atom stereocenters. The number of hydrogen-bond acceptors (Lipinski definition) is 4. The van der Waals surface area contributed by atoms with Crippen molar-refractivity contribution in [3.63, 3.8) is 0 Å². The van der Waals surface area contributed by atoms with Gasteiger partial charge in [-0.2, -0.15) is 0 Å². The molecule has 0 radical (unpaired) electrons. The normalized spacial score (nSPS) is 24.8. The molecule has 2 atom stereocenters. The molecule has 4 nitrogen and oxygen atoms in total. The molecule has 0 amide bonds. The lowest BCUT2D eigenvalue weighted by Crippen LogP contribution is -2.21. The maximum Gasteiger partial charge on any atom is 0.302 e. The van der Waals surface area contributed by atoms with Crippen molar-refractivity contribution in [3.05, 3.63) is 24.3 Å². The maximum atomic E-state index is 10.6. The minimum Gasteiger partial charge on any atom is -0.463 e. The predicted molar refractivity (Wildman–Crippen MR) is 55.2 cm³/mol. The molecular weight excluding hydrogens is 196 g/mol. The minimum absolute atomic E-state index is 0.218. The monoisotopic (exact) mass is 212 g/mol. The summed E-state index contributed by atoms with van der Waals surface area (Å²) in [5.41, 5.74) is 0.883. The molecule has 0 aromatic carbocycles. The average Bonchev–Trinajstić information content (AvgIpc) is 2.58. The van der Waals surface area contributed by atoms with Gasteiger partial charge in [0.1, 0.15) is 12.7 Å². The van der Waals surface area contributed by atoms with Crippen LogP contribution in [-0.4, -0.2) is 31.6 Å². The van der Waals surface area contributed by atoms with Crippen molar-refractivity contribution < 1.29 is 19.0 Å². The first-order valence-electron chi connectivity index (χ1n) is 4.92. The fourth-order valence-electron chi connectivity index (χ4n) is 1.31. The van der Waals surface area contributed by atoms with Crippen molar-refractivity contribution in [1.82, 2.24) is 0 Å². The fraction of sp³-hybridized carbons (Fsp3) is 0.545. The Hall–Kier alpha value is -1.13. The first-order chi connectivity index (χ1) is 7.17. The number of hydrogen-bond donors (Lipinski definition) is 0. The van der Waals surface area contributed by atoms with Crippen LogP contribution in [0.4, 0.5) is 0 Å². The van der Waals surface area contributed by atoms with E-state index in [9.17, 15) is 4.79 Å². The van der Waals surface area contributed by atoms with E-state index in [1.165, 1.54) is 6.92 Å². The van der Waals surface area contributed by atoms with Crippen LogP contribution in [0.2, 0.25) is 0 Å². The van der Waals surface area contributed by atoms with Crippen LogP contribution in [-0.2, 0) is 19.0 Å². The molecule has 0 saturated carbocycles. The van der Waals surface area contributed by atoms with Gasteiger partial charge in [-0.25, -0.2) is 0 Å². The van der Waals surface area contributed by atoms with Crippen LogP contribution in [0.1, 0.15) is 13.8 Å². The molecule has 0 aliphatic carbocycles. The number of esters is 1. The summed E-state index contributed by atoms with van der Waals surface area (Å²) >= 11 is 0. The molecule has 1 aliphatic rings. The Balaban J connectivity index is 2.47. The summed E-state index contributed by atoms with van der Waals surface area (Å²) in [6.07, 6.45) is 2.93. The first kappa shape index (κ1) is 11.9. The molecule has 0 aromatic rings. The van der Waals surface area contributed by atoms with E-state index in [1.807, 2.05) is 13.0 Å². The third kappa shape index (κ3) is 3.49. The van der Waals surface area contributed by atoms with Gasteiger partial charge in [-0.15, -0.1) is 0 Å². The van der Waals surface area contributed by atoms with E-state index in [1.54, 1.807) is 6.08 Å². The molecule has 1 rings (SSSR count). The second-order valence-electron chi connectivity index (χ2n) is 3.14. The maximum absolute atomic E-state index is 10.6. The highest BCUT2D eigenvalue weighted by Crippen LogP contribution is 2.21. The SMILES string of the molecule is C=CC1=C[C@@H](COC(C)=O)O[C@@H]1OCC. The Morgan fingerprint density at radius 2 is 2.47 bits per heavy atom. The molecule has 1 heterocycles. The van der Waals surface area contributed by atoms with Crippen molar-refractivity contribution in [2.45, 2.75) is 26.2 Å². The van der Waals surface area contributed by atoms with Crippen molar-refractivity contribution in [2.75, 3.05) is 13.2 Å². The van der Waals surface area contributed by atoms with Gasteiger partial charge in [-0.3, -0.25) is 4.79 Å². The highest BCUT2D eigenvalue weighted by Gasteiger charge is 2.26. The Morgan fingerprint density at radius 1 is 1.73 bits per heavy atom. The second kappa shape index (κ2) is 5.68. The molecule has 0 saturated heterocycles. The summed E-state index contributed by atoms with van der Waals surface area (Å²) in [6, 6.07) is 0. The third-order valence-electron chi connectivity index (χ3n) is 1.95. The van der Waals surface area contributed by atoms with Gasteiger partial charge in [0.2, 0.25) is 0 Å². The zero-order valence-corrected chi connectivity index (χ0v) is 9.06. The Morgan fingerprint density at radius 3 is 3.00 bits per heavy atom. The van der Waals surface area contributed by atoms with Gasteiger partial charge in [0.25, 0.3) is 0 Å². The molecular formula is C11H16O4. The van der Waals surface area contributed by atoms with Crippen LogP contribution in [0.25, 0.3) is 0 Å². The van der Waals surface area contributed by atoms with Crippen molar-refractivity contribution in [3.8, 4) is 0 Å². The Labute approximate surface area is 89.5 Å². The van der Waals surface area contributed by atoms with Crippen molar-refractivity contribution in [2.24, 2.45) is 0 Å². The van der Waals surface area contributed by atoms with E-state index in [0.717, 1.165) is 5.57 Å². The lowest BCUT2D eigenvalue weighted by atomic mass is 10.2. The largest absolute Gasteiger partial charge is 0.463 e. The van der Waals surface area contributed by atoms with E-state index >= 15 is 0 Å². The molecule has 0 N–H and O–H groups in total. The zero-order chi connectivity index (χ0) is 11.3. The van der Waals surface area contributed by atoms with Crippen molar-refractivity contribution >= 4 is 5.97 Å². The summed E-state index contributed by atoms with van der Waals surface area (Å²) in [5.74, 6) is -0.313. The van der Waals surface area contributed by atoms with E-state index in [2.05, 4.69) is 6.58 Å². The van der Waals surface area contributed by atoms with Crippen LogP contribution < -0.4 is 0 Å². The quantitative estimate of drug-likeness (QED) is 0.646.